The van der Waals surface area contributed by atoms with Crippen molar-refractivity contribution >= 4 is 44.5 Å². The van der Waals surface area contributed by atoms with Crippen LogP contribution >= 0.6 is 15.9 Å². The van der Waals surface area contributed by atoms with E-state index in [1.807, 2.05) is 49.5 Å². The van der Waals surface area contributed by atoms with Gasteiger partial charge in [-0.15, -0.1) is 0 Å². The van der Waals surface area contributed by atoms with E-state index in [0.717, 1.165) is 26.5 Å². The number of aromatic amines is 1. The summed E-state index contributed by atoms with van der Waals surface area (Å²) in [5.41, 5.74) is 3.64. The van der Waals surface area contributed by atoms with Gasteiger partial charge in [0.2, 0.25) is 5.91 Å². The Balaban J connectivity index is 1.49. The average Bonchev–Trinajstić information content (AvgIpc) is 3.30. The standard InChI is InChI=1S/C29H30BrFN4O2/c1-2-15-35(29(37)33-25-7-5-6-23(30)17-25)20-28(36)34(19-21-10-12-24(31)13-11-21)16-14-22-18-32-27-9-4-3-8-26(22)27/h3-13,17-18,32H,2,14-16,19-20H2,1H3,(H,33,37). The minimum atomic E-state index is -0.327. The Morgan fingerprint density at radius 2 is 1.76 bits per heavy atom. The van der Waals surface area contributed by atoms with Crippen LogP contribution in [-0.4, -0.2) is 46.4 Å². The molecule has 0 aliphatic rings. The molecule has 3 aromatic carbocycles. The van der Waals surface area contributed by atoms with Gasteiger partial charge in [0.05, 0.1) is 0 Å². The van der Waals surface area contributed by atoms with E-state index in [1.54, 1.807) is 23.1 Å². The number of para-hydroxylation sites is 1. The Morgan fingerprint density at radius 3 is 2.51 bits per heavy atom. The lowest BCUT2D eigenvalue weighted by Crippen LogP contribution is -2.45. The van der Waals surface area contributed by atoms with Crippen molar-refractivity contribution in [1.82, 2.24) is 14.8 Å². The molecule has 4 aromatic rings. The molecular weight excluding hydrogens is 535 g/mol. The minimum absolute atomic E-state index is 0.0528. The normalized spacial score (nSPS) is 10.9. The third-order valence-electron chi connectivity index (χ3n) is 6.15. The van der Waals surface area contributed by atoms with E-state index in [1.165, 1.54) is 17.0 Å². The van der Waals surface area contributed by atoms with Gasteiger partial charge in [-0.05, 0) is 60.4 Å². The number of rotatable bonds is 10. The van der Waals surface area contributed by atoms with E-state index in [9.17, 15) is 14.0 Å². The van der Waals surface area contributed by atoms with Crippen LogP contribution in [0.5, 0.6) is 0 Å². The number of H-pyrrole nitrogens is 1. The zero-order chi connectivity index (χ0) is 26.2. The number of hydrogen-bond donors (Lipinski definition) is 2. The van der Waals surface area contributed by atoms with Crippen LogP contribution in [0.3, 0.4) is 0 Å². The van der Waals surface area contributed by atoms with Crippen molar-refractivity contribution in [2.75, 3.05) is 25.0 Å². The summed E-state index contributed by atoms with van der Waals surface area (Å²) in [5.74, 6) is -0.485. The molecular formula is C29H30BrFN4O2. The highest BCUT2D eigenvalue weighted by Gasteiger charge is 2.22. The fourth-order valence-corrected chi connectivity index (χ4v) is 4.65. The molecule has 192 valence electrons. The maximum absolute atomic E-state index is 13.5. The first-order valence-electron chi connectivity index (χ1n) is 12.3. The zero-order valence-electron chi connectivity index (χ0n) is 20.7. The van der Waals surface area contributed by atoms with E-state index >= 15 is 0 Å². The van der Waals surface area contributed by atoms with Gasteiger partial charge in [0, 0.05) is 46.9 Å². The van der Waals surface area contributed by atoms with Gasteiger partial charge in [0.15, 0.2) is 0 Å². The Labute approximate surface area is 224 Å². The molecule has 0 saturated carbocycles. The van der Waals surface area contributed by atoms with Crippen LogP contribution in [0.1, 0.15) is 24.5 Å². The molecule has 2 N–H and O–H groups in total. The predicted octanol–water partition coefficient (Wildman–Crippen LogP) is 6.58. The predicted molar refractivity (Wildman–Crippen MR) is 149 cm³/mol. The van der Waals surface area contributed by atoms with Crippen molar-refractivity contribution in [3.05, 3.63) is 100 Å². The first-order chi connectivity index (χ1) is 17.9. The van der Waals surface area contributed by atoms with Crippen molar-refractivity contribution in [1.29, 1.82) is 0 Å². The van der Waals surface area contributed by atoms with Crippen LogP contribution < -0.4 is 5.32 Å². The Morgan fingerprint density at radius 1 is 0.973 bits per heavy atom. The number of urea groups is 1. The van der Waals surface area contributed by atoms with E-state index < -0.39 is 0 Å². The summed E-state index contributed by atoms with van der Waals surface area (Å²) in [6.45, 7) is 3.15. The number of anilines is 1. The van der Waals surface area contributed by atoms with E-state index in [4.69, 9.17) is 0 Å². The minimum Gasteiger partial charge on any atom is -0.361 e. The highest BCUT2D eigenvalue weighted by atomic mass is 79.9. The molecule has 0 radical (unpaired) electrons. The number of benzene rings is 3. The van der Waals surface area contributed by atoms with Crippen LogP contribution in [-0.2, 0) is 17.8 Å². The number of nitrogens with one attached hydrogen (secondary N) is 2. The van der Waals surface area contributed by atoms with E-state index in [2.05, 4.69) is 32.3 Å². The van der Waals surface area contributed by atoms with Crippen molar-refractivity contribution in [3.8, 4) is 0 Å². The van der Waals surface area contributed by atoms with Gasteiger partial charge in [-0.3, -0.25) is 4.79 Å². The molecule has 0 spiro atoms. The van der Waals surface area contributed by atoms with Crippen LogP contribution in [0.15, 0.2) is 83.5 Å². The molecule has 37 heavy (non-hydrogen) atoms. The van der Waals surface area contributed by atoms with Crippen molar-refractivity contribution < 1.29 is 14.0 Å². The average molecular weight is 565 g/mol. The molecule has 0 atom stereocenters. The summed E-state index contributed by atoms with van der Waals surface area (Å²) in [6.07, 6.45) is 3.33. The molecule has 6 nitrogen and oxygen atoms in total. The molecule has 8 heteroatoms. The summed E-state index contributed by atoms with van der Waals surface area (Å²) in [4.78, 5) is 33.1. The van der Waals surface area contributed by atoms with Gasteiger partial charge in [-0.25, -0.2) is 9.18 Å². The topological polar surface area (TPSA) is 68.4 Å². The van der Waals surface area contributed by atoms with Gasteiger partial charge < -0.3 is 20.1 Å². The second kappa shape index (κ2) is 12.5. The molecule has 1 aromatic heterocycles. The lowest BCUT2D eigenvalue weighted by molar-refractivity contribution is -0.132. The van der Waals surface area contributed by atoms with Gasteiger partial charge in [-0.2, -0.15) is 0 Å². The van der Waals surface area contributed by atoms with Gasteiger partial charge in [0.25, 0.3) is 0 Å². The molecule has 0 aliphatic carbocycles. The Bertz CT molecular complexity index is 1360. The van der Waals surface area contributed by atoms with Crippen molar-refractivity contribution in [2.24, 2.45) is 0 Å². The number of hydrogen-bond acceptors (Lipinski definition) is 2. The van der Waals surface area contributed by atoms with Crippen LogP contribution in [0.2, 0.25) is 0 Å². The highest BCUT2D eigenvalue weighted by molar-refractivity contribution is 9.10. The number of carbonyl (C=O) groups excluding carboxylic acids is 2. The molecule has 1 heterocycles. The summed E-state index contributed by atoms with van der Waals surface area (Å²) in [7, 11) is 0. The molecule has 0 saturated heterocycles. The molecule has 0 fully saturated rings. The molecule has 3 amide bonds. The number of aromatic nitrogens is 1. The lowest BCUT2D eigenvalue weighted by Gasteiger charge is -2.28. The second-order valence-corrected chi connectivity index (χ2v) is 9.83. The SMILES string of the molecule is CCCN(CC(=O)N(CCc1c[nH]c2ccccc12)Cc1ccc(F)cc1)C(=O)Nc1cccc(Br)c1. The zero-order valence-corrected chi connectivity index (χ0v) is 22.3. The smallest absolute Gasteiger partial charge is 0.322 e. The third-order valence-corrected chi connectivity index (χ3v) is 6.64. The molecule has 0 bridgehead atoms. The number of carbonyl (C=O) groups is 2. The fraction of sp³-hybridized carbons (Fsp3) is 0.241. The first kappa shape index (κ1) is 26.4. The monoisotopic (exact) mass is 564 g/mol. The summed E-state index contributed by atoms with van der Waals surface area (Å²) < 4.78 is 14.3. The third kappa shape index (κ3) is 7.20. The Kier molecular flexibility index (Phi) is 8.95. The largest absolute Gasteiger partial charge is 0.361 e. The molecule has 0 unspecified atom stereocenters. The first-order valence-corrected chi connectivity index (χ1v) is 13.1. The summed E-state index contributed by atoms with van der Waals surface area (Å²) >= 11 is 3.41. The Hall–Kier alpha value is -3.65. The summed E-state index contributed by atoms with van der Waals surface area (Å²) in [6, 6.07) is 21.2. The fourth-order valence-electron chi connectivity index (χ4n) is 4.25. The van der Waals surface area contributed by atoms with E-state index in [-0.39, 0.29) is 24.3 Å². The van der Waals surface area contributed by atoms with Crippen LogP contribution in [0.25, 0.3) is 10.9 Å². The number of fused-ring (bicyclic) bond motifs is 1. The van der Waals surface area contributed by atoms with Gasteiger partial charge >= 0.3 is 6.03 Å². The summed E-state index contributed by atoms with van der Waals surface area (Å²) in [5, 5.41) is 4.01. The van der Waals surface area contributed by atoms with Crippen LogP contribution in [0, 0.1) is 5.82 Å². The van der Waals surface area contributed by atoms with Gasteiger partial charge in [-0.1, -0.05) is 59.3 Å². The molecule has 4 rings (SSSR count). The van der Waals surface area contributed by atoms with Gasteiger partial charge in [0.1, 0.15) is 12.4 Å². The number of halogens is 2. The molecule has 0 aliphatic heterocycles. The lowest BCUT2D eigenvalue weighted by atomic mass is 10.1. The maximum atomic E-state index is 13.5. The quantitative estimate of drug-likeness (QED) is 0.228. The van der Waals surface area contributed by atoms with E-state index in [0.29, 0.717) is 38.2 Å². The number of nitrogens with zero attached hydrogens (tertiary/aromatic N) is 2. The maximum Gasteiger partial charge on any atom is 0.322 e. The second-order valence-electron chi connectivity index (χ2n) is 8.91. The van der Waals surface area contributed by atoms with Crippen molar-refractivity contribution in [2.45, 2.75) is 26.3 Å². The number of amides is 3. The van der Waals surface area contributed by atoms with Crippen molar-refractivity contribution in [3.63, 3.8) is 0 Å². The van der Waals surface area contributed by atoms with Crippen LogP contribution in [0.4, 0.5) is 14.9 Å². The highest BCUT2D eigenvalue weighted by Crippen LogP contribution is 2.20.